The molecule has 29 heavy (non-hydrogen) atoms. The maximum Gasteiger partial charge on any atom is 0.200 e. The normalized spacial score (nSPS) is 19.2. The predicted molar refractivity (Wildman–Crippen MR) is 108 cm³/mol. The predicted octanol–water partition coefficient (Wildman–Crippen LogP) is 6.61. The third-order valence-corrected chi connectivity index (χ3v) is 5.49. The summed E-state index contributed by atoms with van der Waals surface area (Å²) >= 11 is 0. The molecule has 1 aliphatic rings. The summed E-state index contributed by atoms with van der Waals surface area (Å²) in [5, 5.41) is 0. The molecule has 0 aromatic heterocycles. The van der Waals surface area contributed by atoms with Gasteiger partial charge in [0.05, 0.1) is 19.3 Å². The minimum Gasteiger partial charge on any atom is -0.490 e. The van der Waals surface area contributed by atoms with Crippen LogP contribution in [0.1, 0.15) is 54.7 Å². The van der Waals surface area contributed by atoms with Crippen molar-refractivity contribution in [2.45, 2.75) is 57.7 Å². The van der Waals surface area contributed by atoms with Gasteiger partial charge in [0.25, 0.3) is 0 Å². The molecule has 0 unspecified atom stereocenters. The van der Waals surface area contributed by atoms with E-state index < -0.39 is 11.6 Å². The van der Waals surface area contributed by atoms with Gasteiger partial charge in [-0.3, -0.25) is 0 Å². The number of halogens is 3. The van der Waals surface area contributed by atoms with E-state index in [1.807, 2.05) is 6.07 Å². The van der Waals surface area contributed by atoms with Crippen molar-refractivity contribution in [1.29, 1.82) is 0 Å². The lowest BCUT2D eigenvalue weighted by atomic mass is 9.82. The summed E-state index contributed by atoms with van der Waals surface area (Å²) in [5.41, 5.74) is 1.81. The maximum atomic E-state index is 14.6. The molecule has 5 heteroatoms. The van der Waals surface area contributed by atoms with Gasteiger partial charge in [-0.15, -0.1) is 6.58 Å². The Kier molecular flexibility index (Phi) is 7.37. The standard InChI is InChI=1S/C24H27F3O2/c1-3-4-13-28-22-12-11-20(23(26)24(22)27)18-7-9-19(10-8-18)29-15-17-6-5-16(2)21(25)14-17/h3,5-6,11-12,14,18-19H,1,4,7-10,13,15H2,2H3. The van der Waals surface area contributed by atoms with Gasteiger partial charge in [0.15, 0.2) is 11.6 Å². The number of hydrogen-bond acceptors (Lipinski definition) is 2. The summed E-state index contributed by atoms with van der Waals surface area (Å²) in [6, 6.07) is 8.24. The van der Waals surface area contributed by atoms with E-state index in [1.165, 1.54) is 12.1 Å². The second-order valence-electron chi connectivity index (χ2n) is 7.57. The van der Waals surface area contributed by atoms with Crippen molar-refractivity contribution in [3.63, 3.8) is 0 Å². The molecule has 0 amide bonds. The molecular weight excluding hydrogens is 377 g/mol. The quantitative estimate of drug-likeness (QED) is 0.364. The highest BCUT2D eigenvalue weighted by Crippen LogP contribution is 2.37. The molecule has 1 aliphatic carbocycles. The summed E-state index contributed by atoms with van der Waals surface area (Å²) in [7, 11) is 0. The first-order chi connectivity index (χ1) is 14.0. The first-order valence-corrected chi connectivity index (χ1v) is 10.1. The zero-order valence-corrected chi connectivity index (χ0v) is 16.7. The largest absolute Gasteiger partial charge is 0.490 e. The molecule has 1 saturated carbocycles. The fraction of sp³-hybridized carbons (Fsp3) is 0.417. The molecule has 0 aliphatic heterocycles. The molecule has 0 atom stereocenters. The number of ether oxygens (including phenoxy) is 2. The Balaban J connectivity index is 1.54. The van der Waals surface area contributed by atoms with Gasteiger partial charge in [-0.1, -0.05) is 24.3 Å². The third kappa shape index (κ3) is 5.41. The molecule has 0 saturated heterocycles. The van der Waals surface area contributed by atoms with Gasteiger partial charge in [-0.25, -0.2) is 8.78 Å². The summed E-state index contributed by atoms with van der Waals surface area (Å²) in [4.78, 5) is 0. The van der Waals surface area contributed by atoms with E-state index in [-0.39, 0.29) is 30.2 Å². The minimum atomic E-state index is -0.925. The molecule has 156 valence electrons. The van der Waals surface area contributed by atoms with E-state index in [0.717, 1.165) is 31.2 Å². The van der Waals surface area contributed by atoms with Crippen LogP contribution in [0.3, 0.4) is 0 Å². The van der Waals surface area contributed by atoms with Gasteiger partial charge < -0.3 is 9.47 Å². The SMILES string of the molecule is C=CCCOc1ccc(C2CCC(OCc3ccc(C)c(F)c3)CC2)c(F)c1F. The van der Waals surface area contributed by atoms with Crippen molar-refractivity contribution in [2.24, 2.45) is 0 Å². The Hall–Kier alpha value is -2.27. The summed E-state index contributed by atoms with van der Waals surface area (Å²) in [6.45, 7) is 5.93. The van der Waals surface area contributed by atoms with Crippen LogP contribution in [0.4, 0.5) is 13.2 Å². The van der Waals surface area contributed by atoms with Crippen LogP contribution in [-0.4, -0.2) is 12.7 Å². The van der Waals surface area contributed by atoms with Crippen molar-refractivity contribution >= 4 is 0 Å². The van der Waals surface area contributed by atoms with Crippen molar-refractivity contribution in [2.75, 3.05) is 6.61 Å². The van der Waals surface area contributed by atoms with Gasteiger partial charge in [0.2, 0.25) is 5.82 Å². The molecule has 1 fully saturated rings. The Bertz CT molecular complexity index is 842. The second kappa shape index (κ2) is 9.97. The number of benzene rings is 2. The topological polar surface area (TPSA) is 18.5 Å². The van der Waals surface area contributed by atoms with Gasteiger partial charge >= 0.3 is 0 Å². The second-order valence-corrected chi connectivity index (χ2v) is 7.57. The Morgan fingerprint density at radius 2 is 1.79 bits per heavy atom. The van der Waals surface area contributed by atoms with Crippen LogP contribution in [0, 0.1) is 24.4 Å². The molecule has 2 aromatic carbocycles. The van der Waals surface area contributed by atoms with E-state index in [2.05, 4.69) is 6.58 Å². The van der Waals surface area contributed by atoms with E-state index in [9.17, 15) is 13.2 Å². The van der Waals surface area contributed by atoms with E-state index in [1.54, 1.807) is 25.1 Å². The molecule has 2 nitrogen and oxygen atoms in total. The van der Waals surface area contributed by atoms with Gasteiger partial charge in [-0.05, 0) is 73.8 Å². The van der Waals surface area contributed by atoms with Crippen LogP contribution < -0.4 is 4.74 Å². The molecule has 0 radical (unpaired) electrons. The molecule has 0 N–H and O–H groups in total. The zero-order chi connectivity index (χ0) is 20.8. The summed E-state index contributed by atoms with van der Waals surface area (Å²) in [6.07, 6.45) is 5.25. The fourth-order valence-corrected chi connectivity index (χ4v) is 3.71. The Labute approximate surface area is 170 Å². The molecule has 0 heterocycles. The number of rotatable bonds is 8. The lowest BCUT2D eigenvalue weighted by Crippen LogP contribution is -2.21. The van der Waals surface area contributed by atoms with Gasteiger partial charge in [0.1, 0.15) is 5.82 Å². The molecular formula is C24H27F3O2. The number of hydrogen-bond donors (Lipinski definition) is 0. The van der Waals surface area contributed by atoms with Crippen molar-refractivity contribution < 1.29 is 22.6 Å². The van der Waals surface area contributed by atoms with Crippen LogP contribution in [0.15, 0.2) is 43.0 Å². The smallest absolute Gasteiger partial charge is 0.200 e. The monoisotopic (exact) mass is 404 g/mol. The summed E-state index contributed by atoms with van der Waals surface area (Å²) in [5.74, 6) is -2.07. The Morgan fingerprint density at radius 1 is 1.03 bits per heavy atom. The van der Waals surface area contributed by atoms with Crippen molar-refractivity contribution in [3.05, 3.63) is 77.1 Å². The average molecular weight is 404 g/mol. The number of aryl methyl sites for hydroxylation is 1. The molecule has 3 rings (SSSR count). The summed E-state index contributed by atoms with van der Waals surface area (Å²) < 4.78 is 53.7. The lowest BCUT2D eigenvalue weighted by molar-refractivity contribution is 0.0130. The Morgan fingerprint density at radius 3 is 2.48 bits per heavy atom. The van der Waals surface area contributed by atoms with E-state index in [4.69, 9.17) is 9.47 Å². The van der Waals surface area contributed by atoms with Crippen LogP contribution in [0.25, 0.3) is 0 Å². The highest BCUT2D eigenvalue weighted by molar-refractivity contribution is 5.33. The highest BCUT2D eigenvalue weighted by atomic mass is 19.2. The average Bonchev–Trinajstić information content (AvgIpc) is 2.73. The van der Waals surface area contributed by atoms with Crippen LogP contribution in [-0.2, 0) is 11.3 Å². The fourth-order valence-electron chi connectivity index (χ4n) is 3.71. The van der Waals surface area contributed by atoms with Gasteiger partial charge in [0, 0.05) is 0 Å². The van der Waals surface area contributed by atoms with Gasteiger partial charge in [-0.2, -0.15) is 4.39 Å². The van der Waals surface area contributed by atoms with E-state index in [0.29, 0.717) is 24.2 Å². The zero-order valence-electron chi connectivity index (χ0n) is 16.7. The minimum absolute atomic E-state index is 0.0385. The molecule has 0 bridgehead atoms. The van der Waals surface area contributed by atoms with Crippen LogP contribution in [0.2, 0.25) is 0 Å². The van der Waals surface area contributed by atoms with Crippen molar-refractivity contribution in [1.82, 2.24) is 0 Å². The van der Waals surface area contributed by atoms with Crippen molar-refractivity contribution in [3.8, 4) is 5.75 Å². The third-order valence-electron chi connectivity index (χ3n) is 5.49. The molecule has 2 aromatic rings. The van der Waals surface area contributed by atoms with Crippen LogP contribution >= 0.6 is 0 Å². The highest BCUT2D eigenvalue weighted by Gasteiger charge is 2.27. The first kappa shape index (κ1) is 21.4. The maximum absolute atomic E-state index is 14.6. The molecule has 0 spiro atoms. The lowest BCUT2D eigenvalue weighted by Gasteiger charge is -2.29. The van der Waals surface area contributed by atoms with Crippen LogP contribution in [0.5, 0.6) is 5.75 Å². The first-order valence-electron chi connectivity index (χ1n) is 10.1. The van der Waals surface area contributed by atoms with E-state index >= 15 is 0 Å².